The Hall–Kier alpha value is -2.39. The van der Waals surface area contributed by atoms with Crippen molar-refractivity contribution in [3.8, 4) is 16.9 Å². The predicted molar refractivity (Wildman–Crippen MR) is 125 cm³/mol. The first kappa shape index (κ1) is 23.9. The average Bonchev–Trinajstić information content (AvgIpc) is 2.80. The maximum absolute atomic E-state index is 9.48. The van der Waals surface area contributed by atoms with Crippen molar-refractivity contribution in [3.63, 3.8) is 0 Å². The molecule has 30 heavy (non-hydrogen) atoms. The van der Waals surface area contributed by atoms with Crippen molar-refractivity contribution in [1.29, 1.82) is 0 Å². The molecule has 1 fully saturated rings. The van der Waals surface area contributed by atoms with Crippen molar-refractivity contribution in [2.45, 2.75) is 64.2 Å². The topological polar surface area (TPSA) is 57.5 Å². The monoisotopic (exact) mass is 408 g/mol. The Morgan fingerprint density at radius 3 is 2.00 bits per heavy atom. The zero-order chi connectivity index (χ0) is 21.8. The Morgan fingerprint density at radius 1 is 0.967 bits per heavy atom. The molecule has 2 aromatic rings. The number of benzene rings is 2. The summed E-state index contributed by atoms with van der Waals surface area (Å²) in [6.45, 7) is 5.23. The molecule has 0 radical (unpaired) electrons. The van der Waals surface area contributed by atoms with Gasteiger partial charge in [-0.25, -0.2) is 0 Å². The molecule has 0 bridgehead atoms. The lowest BCUT2D eigenvalue weighted by Crippen LogP contribution is -2.13. The summed E-state index contributed by atoms with van der Waals surface area (Å²) in [7, 11) is 0. The maximum atomic E-state index is 9.48. The highest BCUT2D eigenvalue weighted by atomic mass is 16.3. The van der Waals surface area contributed by atoms with Crippen LogP contribution in [-0.2, 0) is 4.79 Å². The van der Waals surface area contributed by atoms with Crippen LogP contribution in [-0.4, -0.2) is 23.1 Å². The van der Waals surface area contributed by atoms with Crippen molar-refractivity contribution < 1.29 is 15.0 Å². The van der Waals surface area contributed by atoms with Crippen LogP contribution >= 0.6 is 0 Å². The molecule has 1 aliphatic carbocycles. The van der Waals surface area contributed by atoms with E-state index >= 15 is 0 Å². The molecule has 2 N–H and O–H groups in total. The fraction of sp³-hybridized carbons (Fsp3) is 0.444. The number of unbranched alkanes of at least 4 members (excludes halogenated alkanes) is 2. The molecule has 0 heterocycles. The third-order valence-corrected chi connectivity index (χ3v) is 6.02. The van der Waals surface area contributed by atoms with Gasteiger partial charge in [0.05, 0.1) is 6.61 Å². The number of aldehydes is 1. The van der Waals surface area contributed by atoms with Crippen LogP contribution in [0.15, 0.2) is 60.7 Å². The molecule has 162 valence electrons. The molecule has 0 aromatic heterocycles. The summed E-state index contributed by atoms with van der Waals surface area (Å²) < 4.78 is 0. The molecule has 0 unspecified atom stereocenters. The molecule has 0 saturated heterocycles. The van der Waals surface area contributed by atoms with Gasteiger partial charge in [0.2, 0.25) is 0 Å². The van der Waals surface area contributed by atoms with Crippen molar-refractivity contribution in [1.82, 2.24) is 0 Å². The predicted octanol–water partition coefficient (Wildman–Crippen LogP) is 6.65. The minimum atomic E-state index is -0.233. The molecule has 3 rings (SSSR count). The van der Waals surface area contributed by atoms with E-state index in [1.54, 1.807) is 12.1 Å². The van der Waals surface area contributed by atoms with Gasteiger partial charge < -0.3 is 10.2 Å². The Kier molecular flexibility index (Phi) is 10.4. The van der Waals surface area contributed by atoms with Gasteiger partial charge in [-0.2, -0.15) is 0 Å². The number of carbonyl (C=O) groups is 1. The second-order valence-electron chi connectivity index (χ2n) is 8.32. The van der Waals surface area contributed by atoms with Crippen LogP contribution in [0.3, 0.4) is 0 Å². The normalized spacial score (nSPS) is 18.2. The fourth-order valence-electron chi connectivity index (χ4n) is 4.11. The minimum absolute atomic E-state index is 0.218. The molecule has 3 nitrogen and oxygen atoms in total. The Balaban J connectivity index is 0.000000469. The van der Waals surface area contributed by atoms with E-state index in [1.165, 1.54) is 68.1 Å². The molecule has 0 spiro atoms. The number of aliphatic hydroxyl groups excluding tert-OH is 1. The molecule has 1 aliphatic rings. The molecule has 2 aromatic carbocycles. The van der Waals surface area contributed by atoms with Gasteiger partial charge in [-0.15, -0.1) is 0 Å². The molecule has 0 atom stereocenters. The summed E-state index contributed by atoms with van der Waals surface area (Å²) in [5.74, 6) is 2.05. The van der Waals surface area contributed by atoms with Crippen LogP contribution in [0.1, 0.15) is 69.8 Å². The minimum Gasteiger partial charge on any atom is -0.508 e. The third-order valence-electron chi connectivity index (χ3n) is 6.02. The van der Waals surface area contributed by atoms with Gasteiger partial charge in [-0.3, -0.25) is 4.79 Å². The van der Waals surface area contributed by atoms with E-state index in [0.717, 1.165) is 11.8 Å². The third kappa shape index (κ3) is 7.79. The van der Waals surface area contributed by atoms with E-state index in [9.17, 15) is 9.90 Å². The first-order valence-electron chi connectivity index (χ1n) is 11.2. The van der Waals surface area contributed by atoms with E-state index in [2.05, 4.69) is 37.8 Å². The van der Waals surface area contributed by atoms with Crippen molar-refractivity contribution in [3.05, 3.63) is 66.2 Å². The van der Waals surface area contributed by atoms with Crippen molar-refractivity contribution in [2.75, 3.05) is 6.61 Å². The van der Waals surface area contributed by atoms with Crippen LogP contribution in [0.25, 0.3) is 11.1 Å². The van der Waals surface area contributed by atoms with E-state index < -0.39 is 0 Å². The van der Waals surface area contributed by atoms with Gasteiger partial charge in [-0.05, 0) is 66.3 Å². The second-order valence-corrected chi connectivity index (χ2v) is 8.32. The Morgan fingerprint density at radius 2 is 1.53 bits per heavy atom. The van der Waals surface area contributed by atoms with Crippen LogP contribution in [0, 0.1) is 5.92 Å². The first-order valence-corrected chi connectivity index (χ1v) is 11.2. The molecule has 1 saturated carbocycles. The first-order chi connectivity index (χ1) is 14.6. The number of aromatic hydroxyl groups is 1. The summed E-state index contributed by atoms with van der Waals surface area (Å²) in [4.78, 5) is 9.48. The highest BCUT2D eigenvalue weighted by Gasteiger charge is 2.21. The summed E-state index contributed by atoms with van der Waals surface area (Å²) in [5.41, 5.74) is 4.12. The van der Waals surface area contributed by atoms with E-state index in [0.29, 0.717) is 12.0 Å². The van der Waals surface area contributed by atoms with Gasteiger partial charge in [0.15, 0.2) is 0 Å². The number of hydrogen-bond acceptors (Lipinski definition) is 3. The zero-order valence-corrected chi connectivity index (χ0v) is 18.2. The summed E-state index contributed by atoms with van der Waals surface area (Å²) in [6, 6.07) is 16.5. The highest BCUT2D eigenvalue weighted by molar-refractivity contribution is 5.72. The molecule has 0 amide bonds. The number of phenolic OH excluding ortho intramolecular Hbond substituents is 1. The van der Waals surface area contributed by atoms with Gasteiger partial charge in [-0.1, -0.05) is 75.6 Å². The second kappa shape index (κ2) is 13.0. The lowest BCUT2D eigenvalue weighted by molar-refractivity contribution is -0.105. The number of hydrogen-bond donors (Lipinski definition) is 2. The smallest absolute Gasteiger partial charge is 0.147 e. The van der Waals surface area contributed by atoms with Gasteiger partial charge >= 0.3 is 0 Å². The van der Waals surface area contributed by atoms with Gasteiger partial charge in [0.1, 0.15) is 12.0 Å². The van der Waals surface area contributed by atoms with Crippen molar-refractivity contribution >= 4 is 6.29 Å². The van der Waals surface area contributed by atoms with Crippen LogP contribution in [0.5, 0.6) is 5.75 Å². The van der Waals surface area contributed by atoms with Gasteiger partial charge in [0.25, 0.3) is 0 Å². The largest absolute Gasteiger partial charge is 0.508 e. The standard InChI is InChI=1S/C23H30O.C4H6O2/c1-2-3-4-5-18-6-8-19(9-7-18)20-10-12-21(13-11-20)22-14-16-23(24)17-15-22;1-4(2-5)3-6/h10-19,24H,2-9H2,1H3;2,6H,1,3H2. The summed E-state index contributed by atoms with van der Waals surface area (Å²) in [5, 5.41) is 17.4. The van der Waals surface area contributed by atoms with Crippen LogP contribution in [0.4, 0.5) is 0 Å². The molecular formula is C27H36O3. The number of aliphatic hydroxyl groups is 1. The quantitative estimate of drug-likeness (QED) is 0.292. The summed E-state index contributed by atoms with van der Waals surface area (Å²) in [6.07, 6.45) is 11.7. The van der Waals surface area contributed by atoms with E-state index in [-0.39, 0.29) is 12.2 Å². The van der Waals surface area contributed by atoms with E-state index in [1.807, 2.05) is 12.1 Å². The van der Waals surface area contributed by atoms with Crippen molar-refractivity contribution in [2.24, 2.45) is 5.92 Å². The molecular weight excluding hydrogens is 372 g/mol. The number of carbonyl (C=O) groups excluding carboxylic acids is 1. The van der Waals surface area contributed by atoms with Gasteiger partial charge in [0, 0.05) is 5.57 Å². The van der Waals surface area contributed by atoms with E-state index in [4.69, 9.17) is 5.11 Å². The van der Waals surface area contributed by atoms with Crippen LogP contribution < -0.4 is 0 Å². The summed E-state index contributed by atoms with van der Waals surface area (Å²) >= 11 is 0. The maximum Gasteiger partial charge on any atom is 0.147 e. The SMILES string of the molecule is C=C(C=O)CO.CCCCCC1CCC(c2ccc(-c3ccc(O)cc3)cc2)CC1. The number of rotatable bonds is 8. The molecule has 3 heteroatoms. The average molecular weight is 409 g/mol. The Bertz CT molecular complexity index is 754. The highest BCUT2D eigenvalue weighted by Crippen LogP contribution is 2.38. The lowest BCUT2D eigenvalue weighted by atomic mass is 9.77. The van der Waals surface area contributed by atoms with Crippen LogP contribution in [0.2, 0.25) is 0 Å². The lowest BCUT2D eigenvalue weighted by Gasteiger charge is -2.29. The fourth-order valence-corrected chi connectivity index (χ4v) is 4.11. The number of phenols is 1. The zero-order valence-electron chi connectivity index (χ0n) is 18.2. The molecule has 0 aliphatic heterocycles. The Labute approximate surface area is 181 Å².